The summed E-state index contributed by atoms with van der Waals surface area (Å²) in [7, 11) is -3.80. The fourth-order valence-electron chi connectivity index (χ4n) is 4.32. The maximum atomic E-state index is 13.5. The molecule has 0 spiro atoms. The number of hydrogen-bond acceptors (Lipinski definition) is 6. The molecule has 0 saturated carbocycles. The molecule has 1 amide bonds. The number of benzene rings is 2. The largest absolute Gasteiger partial charge is 0.454 e. The lowest BCUT2D eigenvalue weighted by atomic mass is 10.2. The predicted octanol–water partition coefficient (Wildman–Crippen LogP) is 2.30. The molecule has 10 heteroatoms. The molecular weight excluding hydrogens is 444 g/mol. The molecule has 3 heterocycles. The number of amides is 1. The van der Waals surface area contributed by atoms with Gasteiger partial charge < -0.3 is 14.8 Å². The highest BCUT2D eigenvalue weighted by molar-refractivity contribution is 7.93. The quantitative estimate of drug-likeness (QED) is 0.596. The zero-order chi connectivity index (χ0) is 23.2. The lowest BCUT2D eigenvalue weighted by Crippen LogP contribution is -2.30. The molecule has 0 saturated heterocycles. The number of aryl methyl sites for hydroxylation is 1. The van der Waals surface area contributed by atoms with Gasteiger partial charge in [0.15, 0.2) is 11.5 Å². The van der Waals surface area contributed by atoms with Crippen molar-refractivity contribution in [3.63, 3.8) is 0 Å². The van der Waals surface area contributed by atoms with Crippen LogP contribution in [0.4, 0.5) is 5.69 Å². The fourth-order valence-corrected chi connectivity index (χ4v) is 6.20. The van der Waals surface area contributed by atoms with Gasteiger partial charge in [0.2, 0.25) is 12.7 Å². The Balaban J connectivity index is 1.31. The van der Waals surface area contributed by atoms with Gasteiger partial charge in [0, 0.05) is 13.1 Å². The molecule has 0 fully saturated rings. The van der Waals surface area contributed by atoms with Gasteiger partial charge in [-0.1, -0.05) is 24.3 Å². The number of carbonyl (C=O) groups is 1. The van der Waals surface area contributed by atoms with Crippen molar-refractivity contribution in [2.45, 2.75) is 38.3 Å². The summed E-state index contributed by atoms with van der Waals surface area (Å²) in [6, 6.07) is 13.0. The zero-order valence-electron chi connectivity index (χ0n) is 18.4. The molecule has 172 valence electrons. The molecule has 3 aromatic rings. The molecule has 0 unspecified atom stereocenters. The highest BCUT2D eigenvalue weighted by Gasteiger charge is 2.35. The van der Waals surface area contributed by atoms with Crippen LogP contribution in [0.2, 0.25) is 0 Å². The van der Waals surface area contributed by atoms with Crippen LogP contribution in [0.3, 0.4) is 0 Å². The van der Waals surface area contributed by atoms with Crippen molar-refractivity contribution in [1.29, 1.82) is 0 Å². The number of sulfonamides is 1. The van der Waals surface area contributed by atoms with Crippen molar-refractivity contribution in [2.75, 3.05) is 17.6 Å². The molecule has 1 aromatic heterocycles. The van der Waals surface area contributed by atoms with Crippen LogP contribution in [0.5, 0.6) is 11.5 Å². The van der Waals surface area contributed by atoms with E-state index in [2.05, 4.69) is 10.4 Å². The van der Waals surface area contributed by atoms with Crippen molar-refractivity contribution in [3.05, 3.63) is 65.0 Å². The molecule has 2 aromatic carbocycles. The van der Waals surface area contributed by atoms with Crippen molar-refractivity contribution < 1.29 is 22.7 Å². The number of anilines is 1. The second-order valence-corrected chi connectivity index (χ2v) is 9.88. The monoisotopic (exact) mass is 468 g/mol. The second-order valence-electron chi connectivity index (χ2n) is 8.08. The van der Waals surface area contributed by atoms with Gasteiger partial charge in [-0.25, -0.2) is 8.42 Å². The summed E-state index contributed by atoms with van der Waals surface area (Å²) in [6.45, 7) is 4.15. The highest BCUT2D eigenvalue weighted by atomic mass is 32.2. The predicted molar refractivity (Wildman–Crippen MR) is 121 cm³/mol. The van der Waals surface area contributed by atoms with E-state index in [0.29, 0.717) is 48.1 Å². The van der Waals surface area contributed by atoms with E-state index in [4.69, 9.17) is 9.47 Å². The van der Waals surface area contributed by atoms with Gasteiger partial charge in [-0.3, -0.25) is 13.8 Å². The van der Waals surface area contributed by atoms with Crippen LogP contribution in [0, 0.1) is 13.8 Å². The van der Waals surface area contributed by atoms with Crippen LogP contribution in [0.25, 0.3) is 0 Å². The summed E-state index contributed by atoms with van der Waals surface area (Å²) in [5.41, 5.74) is 3.39. The first-order valence-corrected chi connectivity index (χ1v) is 12.1. The van der Waals surface area contributed by atoms with Crippen molar-refractivity contribution in [2.24, 2.45) is 0 Å². The van der Waals surface area contributed by atoms with E-state index in [1.165, 1.54) is 8.99 Å². The number of carbonyl (C=O) groups excluding carboxylic acids is 1. The van der Waals surface area contributed by atoms with Gasteiger partial charge in [0.1, 0.15) is 11.4 Å². The molecule has 9 nitrogen and oxygen atoms in total. The maximum Gasteiger partial charge on any atom is 0.268 e. The first-order valence-electron chi connectivity index (χ1n) is 10.6. The van der Waals surface area contributed by atoms with E-state index in [-0.39, 0.29) is 24.1 Å². The minimum atomic E-state index is -3.80. The van der Waals surface area contributed by atoms with Gasteiger partial charge in [0.05, 0.1) is 17.1 Å². The summed E-state index contributed by atoms with van der Waals surface area (Å²) in [6.07, 6.45) is 0.671. The van der Waals surface area contributed by atoms with E-state index in [9.17, 15) is 13.2 Å². The Hall–Kier alpha value is -3.53. The third kappa shape index (κ3) is 3.80. The van der Waals surface area contributed by atoms with E-state index < -0.39 is 10.0 Å². The number of nitrogens with one attached hydrogen (secondary N) is 1. The normalized spacial score (nSPS) is 14.4. The van der Waals surface area contributed by atoms with E-state index in [1.807, 2.05) is 36.4 Å². The van der Waals surface area contributed by atoms with Crippen molar-refractivity contribution >= 4 is 21.6 Å². The topological polar surface area (TPSA) is 103 Å². The smallest absolute Gasteiger partial charge is 0.268 e. The Morgan fingerprint density at radius 2 is 1.91 bits per heavy atom. The van der Waals surface area contributed by atoms with Gasteiger partial charge in [-0.05, 0) is 49.6 Å². The van der Waals surface area contributed by atoms with Gasteiger partial charge in [-0.2, -0.15) is 5.10 Å². The van der Waals surface area contributed by atoms with Gasteiger partial charge in [-0.15, -0.1) is 0 Å². The molecule has 2 aliphatic rings. The Morgan fingerprint density at radius 3 is 2.76 bits per heavy atom. The lowest BCUT2D eigenvalue weighted by Gasteiger charge is -2.19. The number of rotatable bonds is 6. The fraction of sp³-hybridized carbons (Fsp3) is 0.304. The Morgan fingerprint density at radius 1 is 1.12 bits per heavy atom. The SMILES string of the molecule is Cc1nn(CC(=O)NCc2ccc3c(c2)OCO3)c(C)c1S(=O)(=O)N1CCc2ccccc21. The molecular formula is C23H24N4O5S. The van der Waals surface area contributed by atoms with Crippen LogP contribution in [0.15, 0.2) is 47.4 Å². The number of para-hydroxylation sites is 1. The second kappa shape index (κ2) is 8.11. The molecule has 33 heavy (non-hydrogen) atoms. The number of hydrogen-bond donors (Lipinski definition) is 1. The number of aromatic nitrogens is 2. The average Bonchev–Trinajstić information content (AvgIpc) is 3.49. The van der Waals surface area contributed by atoms with Crippen molar-refractivity contribution in [3.8, 4) is 11.5 Å². The van der Waals surface area contributed by atoms with Crippen LogP contribution >= 0.6 is 0 Å². The van der Waals surface area contributed by atoms with E-state index in [0.717, 1.165) is 11.1 Å². The third-order valence-electron chi connectivity index (χ3n) is 5.93. The van der Waals surface area contributed by atoms with Crippen LogP contribution in [-0.4, -0.2) is 37.4 Å². The summed E-state index contributed by atoms with van der Waals surface area (Å²) in [5.74, 6) is 1.06. The maximum absolute atomic E-state index is 13.5. The summed E-state index contributed by atoms with van der Waals surface area (Å²) < 4.78 is 40.5. The molecule has 2 aliphatic heterocycles. The highest BCUT2D eigenvalue weighted by Crippen LogP contribution is 2.35. The average molecular weight is 469 g/mol. The third-order valence-corrected chi connectivity index (χ3v) is 7.99. The minimum Gasteiger partial charge on any atom is -0.454 e. The summed E-state index contributed by atoms with van der Waals surface area (Å²) in [5, 5.41) is 7.20. The first-order chi connectivity index (χ1) is 15.8. The number of ether oxygens (including phenoxy) is 2. The van der Waals surface area contributed by atoms with Crippen LogP contribution in [0.1, 0.15) is 22.5 Å². The number of nitrogens with zero attached hydrogens (tertiary/aromatic N) is 3. The van der Waals surface area contributed by atoms with E-state index >= 15 is 0 Å². The summed E-state index contributed by atoms with van der Waals surface area (Å²) in [4.78, 5) is 12.7. The summed E-state index contributed by atoms with van der Waals surface area (Å²) >= 11 is 0. The molecule has 0 radical (unpaired) electrons. The first kappa shape index (κ1) is 21.3. The van der Waals surface area contributed by atoms with Gasteiger partial charge in [0.25, 0.3) is 10.0 Å². The minimum absolute atomic E-state index is 0.0800. The zero-order valence-corrected chi connectivity index (χ0v) is 19.2. The Bertz CT molecular complexity index is 1350. The lowest BCUT2D eigenvalue weighted by molar-refractivity contribution is -0.122. The van der Waals surface area contributed by atoms with Crippen LogP contribution < -0.4 is 19.1 Å². The Kier molecular flexibility index (Phi) is 5.24. The standard InChI is InChI=1S/C23H24N4O5S/c1-15-23(33(29,30)27-10-9-18-5-3-4-6-19(18)27)16(2)26(25-15)13-22(28)24-12-17-7-8-20-21(11-17)32-14-31-20/h3-8,11H,9-10,12-14H2,1-2H3,(H,24,28). The van der Waals surface area contributed by atoms with Gasteiger partial charge >= 0.3 is 0 Å². The molecule has 0 aliphatic carbocycles. The molecule has 1 N–H and O–H groups in total. The van der Waals surface area contributed by atoms with Crippen molar-refractivity contribution in [1.82, 2.24) is 15.1 Å². The van der Waals surface area contributed by atoms with Crippen LogP contribution in [-0.2, 0) is 34.3 Å². The molecule has 5 rings (SSSR count). The molecule has 0 atom stereocenters. The number of fused-ring (bicyclic) bond motifs is 2. The molecule has 0 bridgehead atoms. The Labute approximate surface area is 192 Å². The van der Waals surface area contributed by atoms with E-state index in [1.54, 1.807) is 19.9 Å².